The van der Waals surface area contributed by atoms with Gasteiger partial charge in [0.1, 0.15) is 0 Å². The summed E-state index contributed by atoms with van der Waals surface area (Å²) in [5.41, 5.74) is 4.59. The number of benzene rings is 1. The fourth-order valence-corrected chi connectivity index (χ4v) is 1.86. The van der Waals surface area contributed by atoms with Gasteiger partial charge >= 0.3 is 0 Å². The normalized spacial score (nSPS) is 14.8. The van der Waals surface area contributed by atoms with Gasteiger partial charge < -0.3 is 0 Å². The van der Waals surface area contributed by atoms with E-state index in [-0.39, 0.29) is 12.4 Å². The van der Waals surface area contributed by atoms with Crippen molar-refractivity contribution in [3.05, 3.63) is 34.9 Å². The first-order chi connectivity index (χ1) is 5.36. The van der Waals surface area contributed by atoms with Gasteiger partial charge in [0.05, 0.1) is 0 Å². The Labute approximate surface area is 80.4 Å². The molecule has 0 saturated carbocycles. The van der Waals surface area contributed by atoms with E-state index >= 15 is 0 Å². The molecule has 0 heterocycles. The molecule has 0 unspecified atom stereocenters. The number of aryl methyl sites for hydroxylation is 3. The Morgan fingerprint density at radius 2 is 1.67 bits per heavy atom. The van der Waals surface area contributed by atoms with Crippen molar-refractivity contribution in [3.8, 4) is 0 Å². The molecule has 0 bridgehead atoms. The third kappa shape index (κ3) is 1.81. The first-order valence-electron chi connectivity index (χ1n) is 4.45. The second-order valence-electron chi connectivity index (χ2n) is 3.48. The highest BCUT2D eigenvalue weighted by molar-refractivity contribution is 5.85. The molecule has 2 rings (SSSR count). The van der Waals surface area contributed by atoms with Crippen LogP contribution in [0.3, 0.4) is 0 Å². The molecule has 0 aliphatic heterocycles. The Hall–Kier alpha value is -0.490. The zero-order valence-corrected chi connectivity index (χ0v) is 8.29. The lowest BCUT2D eigenvalue weighted by molar-refractivity contribution is 0.685. The number of halogens is 1. The molecule has 1 aliphatic carbocycles. The lowest BCUT2D eigenvalue weighted by Gasteiger charge is -2.15. The quantitative estimate of drug-likeness (QED) is 0.578. The molecule has 0 nitrogen and oxygen atoms in total. The average Bonchev–Trinajstić information content (AvgIpc) is 2.04. The summed E-state index contributed by atoms with van der Waals surface area (Å²) < 4.78 is 0. The summed E-state index contributed by atoms with van der Waals surface area (Å²) in [6.07, 6.45) is 5.37. The van der Waals surface area contributed by atoms with Crippen molar-refractivity contribution in [2.24, 2.45) is 0 Å². The highest BCUT2D eigenvalue weighted by atomic mass is 35.5. The predicted octanol–water partition coefficient (Wildman–Crippen LogP) is 3.30. The molecule has 1 aliphatic rings. The van der Waals surface area contributed by atoms with E-state index in [1.807, 2.05) is 0 Å². The maximum atomic E-state index is 2.34. The molecule has 1 heteroatoms. The number of hydrogen-bond donors (Lipinski definition) is 0. The molecule has 0 fully saturated rings. The summed E-state index contributed by atoms with van der Waals surface area (Å²) in [5.74, 6) is 0. The Bertz CT molecular complexity index is 266. The van der Waals surface area contributed by atoms with Crippen molar-refractivity contribution in [2.45, 2.75) is 32.6 Å². The molecule has 0 atom stereocenters. The van der Waals surface area contributed by atoms with Crippen LogP contribution in [0.2, 0.25) is 0 Å². The number of fused-ring (bicyclic) bond motifs is 1. The second kappa shape index (κ2) is 3.95. The summed E-state index contributed by atoms with van der Waals surface area (Å²) in [7, 11) is 0. The van der Waals surface area contributed by atoms with Crippen molar-refractivity contribution in [3.63, 3.8) is 0 Å². The van der Waals surface area contributed by atoms with E-state index in [0.29, 0.717) is 0 Å². The minimum absolute atomic E-state index is 0. The van der Waals surface area contributed by atoms with Gasteiger partial charge in [0.15, 0.2) is 0 Å². The van der Waals surface area contributed by atoms with E-state index in [9.17, 15) is 0 Å². The molecular weight excluding hydrogens is 168 g/mol. The molecule has 0 spiro atoms. The van der Waals surface area contributed by atoms with Gasteiger partial charge in [-0.05, 0) is 43.7 Å². The Morgan fingerprint density at radius 3 is 2.42 bits per heavy atom. The van der Waals surface area contributed by atoms with Crippen LogP contribution in [0.4, 0.5) is 0 Å². The van der Waals surface area contributed by atoms with Crippen LogP contribution in [0.25, 0.3) is 0 Å². The van der Waals surface area contributed by atoms with Gasteiger partial charge in [-0.2, -0.15) is 0 Å². The SMILES string of the molecule is Cc1ccc2c(c1)CCCC2.Cl. The summed E-state index contributed by atoms with van der Waals surface area (Å²) in [6, 6.07) is 6.86. The predicted molar refractivity (Wildman–Crippen MR) is 55.1 cm³/mol. The van der Waals surface area contributed by atoms with Gasteiger partial charge in [-0.15, -0.1) is 12.4 Å². The van der Waals surface area contributed by atoms with Crippen LogP contribution in [0.15, 0.2) is 18.2 Å². The van der Waals surface area contributed by atoms with Gasteiger partial charge in [-0.3, -0.25) is 0 Å². The second-order valence-corrected chi connectivity index (χ2v) is 3.48. The first-order valence-corrected chi connectivity index (χ1v) is 4.45. The van der Waals surface area contributed by atoms with E-state index in [4.69, 9.17) is 0 Å². The van der Waals surface area contributed by atoms with Crippen LogP contribution in [0, 0.1) is 6.92 Å². The monoisotopic (exact) mass is 182 g/mol. The maximum absolute atomic E-state index is 2.34. The molecule has 12 heavy (non-hydrogen) atoms. The fraction of sp³-hybridized carbons (Fsp3) is 0.455. The topological polar surface area (TPSA) is 0 Å². The van der Waals surface area contributed by atoms with E-state index in [2.05, 4.69) is 25.1 Å². The standard InChI is InChI=1S/C11H14.ClH/c1-9-6-7-10-4-2-3-5-11(10)8-9;/h6-8H,2-5H2,1H3;1H. The average molecular weight is 183 g/mol. The van der Waals surface area contributed by atoms with Crippen LogP contribution < -0.4 is 0 Å². The lowest BCUT2D eigenvalue weighted by Crippen LogP contribution is -2.01. The molecule has 0 saturated heterocycles. The zero-order chi connectivity index (χ0) is 7.68. The van der Waals surface area contributed by atoms with E-state index in [1.54, 1.807) is 11.1 Å². The molecule has 0 radical (unpaired) electrons. The summed E-state index contributed by atoms with van der Waals surface area (Å²) in [5, 5.41) is 0. The van der Waals surface area contributed by atoms with Gasteiger partial charge in [0, 0.05) is 0 Å². The molecule has 0 aromatic heterocycles. The fourth-order valence-electron chi connectivity index (χ4n) is 1.86. The van der Waals surface area contributed by atoms with Gasteiger partial charge in [0.2, 0.25) is 0 Å². The minimum atomic E-state index is 0. The minimum Gasteiger partial charge on any atom is -0.147 e. The molecule has 0 N–H and O–H groups in total. The van der Waals surface area contributed by atoms with Gasteiger partial charge in [0.25, 0.3) is 0 Å². The third-order valence-electron chi connectivity index (χ3n) is 2.50. The van der Waals surface area contributed by atoms with Crippen LogP contribution in [0.5, 0.6) is 0 Å². The number of hydrogen-bond acceptors (Lipinski definition) is 0. The van der Waals surface area contributed by atoms with Crippen molar-refractivity contribution in [1.29, 1.82) is 0 Å². The van der Waals surface area contributed by atoms with Crippen LogP contribution in [0.1, 0.15) is 29.5 Å². The molecule has 1 aromatic rings. The molecular formula is C11H15Cl. The van der Waals surface area contributed by atoms with Crippen molar-refractivity contribution < 1.29 is 0 Å². The lowest BCUT2D eigenvalue weighted by atomic mass is 9.91. The summed E-state index contributed by atoms with van der Waals surface area (Å²) in [4.78, 5) is 0. The maximum Gasteiger partial charge on any atom is -0.0276 e. The van der Waals surface area contributed by atoms with Crippen LogP contribution >= 0.6 is 12.4 Å². The largest absolute Gasteiger partial charge is 0.147 e. The van der Waals surface area contributed by atoms with Crippen LogP contribution in [-0.4, -0.2) is 0 Å². The van der Waals surface area contributed by atoms with Crippen LogP contribution in [-0.2, 0) is 12.8 Å². The number of rotatable bonds is 0. The van der Waals surface area contributed by atoms with Gasteiger partial charge in [-0.1, -0.05) is 23.8 Å². The summed E-state index contributed by atoms with van der Waals surface area (Å²) in [6.45, 7) is 2.18. The smallest absolute Gasteiger partial charge is 0.0276 e. The van der Waals surface area contributed by atoms with Crippen molar-refractivity contribution in [1.82, 2.24) is 0 Å². The Balaban J connectivity index is 0.000000720. The summed E-state index contributed by atoms with van der Waals surface area (Å²) >= 11 is 0. The van der Waals surface area contributed by atoms with Gasteiger partial charge in [-0.25, -0.2) is 0 Å². The van der Waals surface area contributed by atoms with E-state index < -0.39 is 0 Å². The first kappa shape index (κ1) is 9.60. The Morgan fingerprint density at radius 1 is 1.00 bits per heavy atom. The zero-order valence-electron chi connectivity index (χ0n) is 7.47. The molecule has 0 amide bonds. The molecule has 66 valence electrons. The van der Waals surface area contributed by atoms with Crippen molar-refractivity contribution >= 4 is 12.4 Å². The van der Waals surface area contributed by atoms with E-state index in [0.717, 1.165) is 0 Å². The highest BCUT2D eigenvalue weighted by Gasteiger charge is 2.07. The third-order valence-corrected chi connectivity index (χ3v) is 2.50. The Kier molecular flexibility index (Phi) is 3.16. The molecule has 1 aromatic carbocycles. The van der Waals surface area contributed by atoms with Crippen molar-refractivity contribution in [2.75, 3.05) is 0 Å². The highest BCUT2D eigenvalue weighted by Crippen LogP contribution is 2.21. The van der Waals surface area contributed by atoms with E-state index in [1.165, 1.54) is 31.2 Å².